The lowest BCUT2D eigenvalue weighted by atomic mass is 9.74. The molecule has 76 heavy (non-hydrogen) atoms. The van der Waals surface area contributed by atoms with E-state index in [9.17, 15) is 65.4 Å². The molecule has 27 atom stereocenters. The van der Waals surface area contributed by atoms with Gasteiger partial charge in [-0.3, -0.25) is 9.59 Å². The summed E-state index contributed by atoms with van der Waals surface area (Å²) in [4.78, 5) is 40.8. The Hall–Kier alpha value is -2.23. The van der Waals surface area contributed by atoms with Gasteiger partial charge in [-0.25, -0.2) is 4.79 Å². The summed E-state index contributed by atoms with van der Waals surface area (Å²) in [7, 11) is 6.77. The van der Waals surface area contributed by atoms with Crippen molar-refractivity contribution < 1.29 is 123 Å². The molecule has 0 radical (unpaired) electrons. The van der Waals surface area contributed by atoms with Crippen LogP contribution in [0.2, 0.25) is 0 Å². The molecule has 4 fully saturated rings. The lowest BCUT2D eigenvalue weighted by Crippen LogP contribution is -2.61. The average Bonchev–Trinajstić information content (AvgIpc) is 3.37. The number of rotatable bonds is 16. The smallest absolute Gasteiger partial charge is 0.335 e. The number of Topliss-reactive ketones (excluding diaryl/α,β-unsaturated/α-hetero) is 1. The summed E-state index contributed by atoms with van der Waals surface area (Å²) in [6, 6.07) is -0.283. The molecule has 0 bridgehead atoms. The highest BCUT2D eigenvalue weighted by molar-refractivity contribution is 5.83. The molecule has 4 heterocycles. The van der Waals surface area contributed by atoms with Gasteiger partial charge in [-0.2, -0.15) is 0 Å². The molecule has 0 aromatic heterocycles. The van der Waals surface area contributed by atoms with E-state index in [1.54, 1.807) is 48.5 Å². The number of ketones is 1. The Morgan fingerprint density at radius 1 is 0.776 bits per heavy atom. The third-order valence-electron chi connectivity index (χ3n) is 15.9. The number of carboxylic acid groups (broad SMARTS) is 1. The average molecular weight is 1110 g/mol. The van der Waals surface area contributed by atoms with Crippen LogP contribution in [0.3, 0.4) is 0 Å². The van der Waals surface area contributed by atoms with Crippen molar-refractivity contribution in [2.24, 2.45) is 23.7 Å². The summed E-state index contributed by atoms with van der Waals surface area (Å²) >= 11 is 0. The van der Waals surface area contributed by atoms with Crippen LogP contribution in [0, 0.1) is 23.7 Å². The second-order valence-electron chi connectivity index (χ2n) is 22.0. The number of aliphatic hydroxyl groups is 12. The number of nitrogens with zero attached hydrogens (tertiary/aromatic N) is 1. The number of esters is 1. The van der Waals surface area contributed by atoms with E-state index >= 15 is 0 Å². The van der Waals surface area contributed by atoms with Crippen LogP contribution in [0.25, 0.3) is 0 Å². The van der Waals surface area contributed by atoms with Gasteiger partial charge in [-0.05, 0) is 74.9 Å². The van der Waals surface area contributed by atoms with Crippen molar-refractivity contribution in [3.05, 3.63) is 0 Å². The molecule has 4 saturated heterocycles. The Bertz CT molecular complexity index is 1810. The summed E-state index contributed by atoms with van der Waals surface area (Å²) in [5.41, 5.74) is -4.24. The van der Waals surface area contributed by atoms with Crippen molar-refractivity contribution in [2.75, 3.05) is 41.5 Å². The van der Waals surface area contributed by atoms with Gasteiger partial charge in [-0.15, -0.1) is 0 Å². The highest BCUT2D eigenvalue weighted by Gasteiger charge is 2.55. The topological polar surface area (TPSA) is 401 Å². The van der Waals surface area contributed by atoms with Gasteiger partial charge < -0.3 is 114 Å². The summed E-state index contributed by atoms with van der Waals surface area (Å²) in [6.45, 7) is 15.3. The van der Waals surface area contributed by atoms with Gasteiger partial charge in [-0.1, -0.05) is 27.7 Å². The molecule has 26 nitrogen and oxygen atoms in total. The zero-order valence-corrected chi connectivity index (χ0v) is 46.3. The van der Waals surface area contributed by atoms with Gasteiger partial charge in [0, 0.05) is 44.4 Å². The third kappa shape index (κ3) is 15.6. The molecule has 4 aliphatic heterocycles. The SMILES string of the molecule is CC[C@H]1OC(=O)[C@H](C)[C@@H](O[C@H]2C[C@@](C)(OC)[C@@H](O)[C@H](C)O2)[C@H](C)[C@@H](O[C@@H]2O[C@H](C)C[C@H](N(C)C)[C@H]2O)[C@](C)(OC)C[C@@H](C)C(=O)[C@H](C)[C@@H](O)[C@]1(C)O.O=C(O)[C@H](O)[C@@H](O)[C@H](O[C@@H]1O[C@H](CO)[C@H](O)[C@H](O)[C@H]1O)[C@H](O)CO. The Morgan fingerprint density at radius 2 is 1.37 bits per heavy atom. The first kappa shape index (κ1) is 68.0. The fraction of sp³-hybridized carbons (Fsp3) is 0.940. The molecule has 0 amide bonds. The van der Waals surface area contributed by atoms with Crippen LogP contribution in [-0.4, -0.2) is 270 Å². The number of aliphatic hydroxyl groups excluding tert-OH is 11. The predicted molar refractivity (Wildman–Crippen MR) is 262 cm³/mol. The fourth-order valence-electron chi connectivity index (χ4n) is 10.7. The number of methoxy groups -OCH3 is 2. The monoisotopic (exact) mass is 1110 g/mol. The second kappa shape index (κ2) is 28.5. The molecule has 0 aliphatic carbocycles. The molecule has 0 saturated carbocycles. The van der Waals surface area contributed by atoms with Crippen molar-refractivity contribution in [3.8, 4) is 0 Å². The lowest BCUT2D eigenvalue weighted by molar-refractivity contribution is -0.326. The normalized spacial score (nSPS) is 44.9. The van der Waals surface area contributed by atoms with E-state index in [0.29, 0.717) is 6.42 Å². The van der Waals surface area contributed by atoms with Crippen molar-refractivity contribution in [3.63, 3.8) is 0 Å². The van der Waals surface area contributed by atoms with Gasteiger partial charge >= 0.3 is 11.9 Å². The molecule has 0 unspecified atom stereocenters. The number of carbonyl (C=O) groups excluding carboxylic acids is 2. The van der Waals surface area contributed by atoms with E-state index in [1.165, 1.54) is 21.1 Å². The number of ether oxygens (including phenoxy) is 9. The van der Waals surface area contributed by atoms with E-state index in [0.717, 1.165) is 0 Å². The molecule has 446 valence electrons. The van der Waals surface area contributed by atoms with Crippen molar-refractivity contribution in [1.29, 1.82) is 0 Å². The maximum atomic E-state index is 14.2. The molecule has 4 rings (SSSR count). The molecule has 0 spiro atoms. The molecule has 26 heteroatoms. The number of hydrogen-bond donors (Lipinski definition) is 13. The maximum Gasteiger partial charge on any atom is 0.335 e. The maximum absolute atomic E-state index is 14.2. The van der Waals surface area contributed by atoms with Crippen molar-refractivity contribution in [2.45, 2.75) is 234 Å². The molecule has 0 aromatic rings. The van der Waals surface area contributed by atoms with Crippen molar-refractivity contribution in [1.82, 2.24) is 4.90 Å². The van der Waals surface area contributed by atoms with Crippen LogP contribution >= 0.6 is 0 Å². The van der Waals surface area contributed by atoms with Crippen LogP contribution in [-0.2, 0) is 57.0 Å². The zero-order valence-electron chi connectivity index (χ0n) is 46.3. The molecular weight excluding hydrogens is 1010 g/mol. The molecule has 0 aromatic carbocycles. The minimum atomic E-state index is -2.39. The highest BCUT2D eigenvalue weighted by Crippen LogP contribution is 2.42. The van der Waals surface area contributed by atoms with Gasteiger partial charge in [0.05, 0.1) is 60.9 Å². The fourth-order valence-corrected chi connectivity index (χ4v) is 10.7. The molecule has 4 aliphatic rings. The van der Waals surface area contributed by atoms with Crippen LogP contribution in [0.4, 0.5) is 0 Å². The van der Waals surface area contributed by atoms with Crippen LogP contribution < -0.4 is 0 Å². The van der Waals surface area contributed by atoms with Crippen LogP contribution in [0.15, 0.2) is 0 Å². The van der Waals surface area contributed by atoms with Gasteiger partial charge in [0.2, 0.25) is 0 Å². The van der Waals surface area contributed by atoms with E-state index in [1.807, 2.05) is 32.8 Å². The third-order valence-corrected chi connectivity index (χ3v) is 15.9. The van der Waals surface area contributed by atoms with E-state index < -0.39 is 176 Å². The number of aliphatic carboxylic acids is 1. The van der Waals surface area contributed by atoms with Gasteiger partial charge in [0.15, 0.2) is 25.0 Å². The number of carbonyl (C=O) groups is 3. The second-order valence-corrected chi connectivity index (χ2v) is 22.0. The first-order chi connectivity index (χ1) is 35.1. The standard InChI is InChI=1S/C38H69NO13.C12H22O12/c1-15-26-38(10,45)31(42)21(4)28(40)19(2)17-37(9,47-14)33(52-35-29(41)25(39(11)12)16-20(3)48-35)22(5)30(23(6)34(44)50-26)51-27-18-36(8,46-13)32(43)24(7)49-27;13-1-3(15)10(7(18)8(19)11(21)22)24-12-9(20)6(17)5(16)4(2-14)23-12/h19-27,29-33,35,41-43,45H,15-18H2,1-14H3;3-10,12-20H,1-2H2,(H,21,22)/t19-,20-,21+,22+,23-,24+,25+,26-,27+,29-,30+,31-,32+,33-,35+,36-,37-,38-;3-,4-,5+,6+,7-,8-,9-,10-,12+/m11/s1. The van der Waals surface area contributed by atoms with Crippen LogP contribution in [0.5, 0.6) is 0 Å². The minimum Gasteiger partial charge on any atom is -0.479 e. The minimum absolute atomic E-state index is 0.111. The first-order valence-corrected chi connectivity index (χ1v) is 25.9. The summed E-state index contributed by atoms with van der Waals surface area (Å²) in [5, 5.41) is 130. The first-order valence-electron chi connectivity index (χ1n) is 25.9. The van der Waals surface area contributed by atoms with Crippen LogP contribution in [0.1, 0.15) is 94.9 Å². The number of likely N-dealkylation sites (N-methyl/N-ethyl adjacent to an activating group) is 1. The van der Waals surface area contributed by atoms with Crippen molar-refractivity contribution >= 4 is 17.7 Å². The van der Waals surface area contributed by atoms with E-state index in [-0.39, 0.29) is 37.2 Å². The Labute approximate surface area is 444 Å². The largest absolute Gasteiger partial charge is 0.479 e. The number of cyclic esters (lactones) is 1. The predicted octanol–water partition coefficient (Wildman–Crippen LogP) is -3.23. The van der Waals surface area contributed by atoms with Gasteiger partial charge in [0.25, 0.3) is 0 Å². The van der Waals surface area contributed by atoms with E-state index in [4.69, 9.17) is 58.0 Å². The van der Waals surface area contributed by atoms with Gasteiger partial charge in [0.1, 0.15) is 72.4 Å². The summed E-state index contributed by atoms with van der Waals surface area (Å²) in [6.07, 6.45) is -25.7. The molecule has 13 N–H and O–H groups in total. The Morgan fingerprint density at radius 3 is 1.88 bits per heavy atom. The Kier molecular flexibility index (Phi) is 25.5. The molecular formula is C50H91NO25. The highest BCUT2D eigenvalue weighted by atomic mass is 16.7. The zero-order chi connectivity index (χ0) is 58.3. The number of hydrogen-bond acceptors (Lipinski definition) is 25. The lowest BCUT2D eigenvalue weighted by Gasteiger charge is -2.50. The quantitative estimate of drug-likeness (QED) is 0.0676. The summed E-state index contributed by atoms with van der Waals surface area (Å²) < 4.78 is 53.9. The van der Waals surface area contributed by atoms with E-state index in [2.05, 4.69) is 0 Å². The number of carboxylic acids is 1. The Balaban J connectivity index is 0.000000529. The summed E-state index contributed by atoms with van der Waals surface area (Å²) in [5.74, 6) is -6.31.